The summed E-state index contributed by atoms with van der Waals surface area (Å²) in [6, 6.07) is 6.28. The second-order valence-corrected chi connectivity index (χ2v) is 8.80. The predicted octanol–water partition coefficient (Wildman–Crippen LogP) is 3.48. The average molecular weight is 392 g/mol. The molecule has 1 aromatic rings. The number of amides is 3. The van der Waals surface area contributed by atoms with Gasteiger partial charge in [0.15, 0.2) is 0 Å². The van der Waals surface area contributed by atoms with Crippen LogP contribution in [0.25, 0.3) is 0 Å². The summed E-state index contributed by atoms with van der Waals surface area (Å²) in [5.74, 6) is 2.19. The van der Waals surface area contributed by atoms with Crippen molar-refractivity contribution >= 4 is 29.4 Å². The van der Waals surface area contributed by atoms with Gasteiger partial charge in [-0.3, -0.25) is 4.79 Å². The molecule has 148 valence electrons. The van der Waals surface area contributed by atoms with Gasteiger partial charge in [-0.1, -0.05) is 26.3 Å². The number of ether oxygens (including phenoxy) is 1. The van der Waals surface area contributed by atoms with Crippen LogP contribution in [-0.2, 0) is 4.79 Å². The lowest BCUT2D eigenvalue weighted by molar-refractivity contribution is -0.116. The van der Waals surface area contributed by atoms with Crippen LogP contribution in [0.2, 0.25) is 0 Å². The van der Waals surface area contributed by atoms with Crippen LogP contribution < -0.4 is 20.7 Å². The highest BCUT2D eigenvalue weighted by Gasteiger charge is 2.42. The van der Waals surface area contributed by atoms with Gasteiger partial charge in [0.05, 0.1) is 19.2 Å². The second kappa shape index (κ2) is 8.87. The van der Waals surface area contributed by atoms with Crippen molar-refractivity contribution in [2.45, 2.75) is 62.8 Å². The molecule has 2 aliphatic heterocycles. The van der Waals surface area contributed by atoms with E-state index in [4.69, 9.17) is 4.74 Å². The fraction of sp³-hybridized carbons (Fsp3) is 0.600. The normalized spacial score (nSPS) is 23.7. The Kier molecular flexibility index (Phi) is 6.52. The summed E-state index contributed by atoms with van der Waals surface area (Å²) in [5, 5.41) is 9.38. The first-order chi connectivity index (χ1) is 13.0. The van der Waals surface area contributed by atoms with E-state index in [1.165, 1.54) is 0 Å². The Bertz CT molecular complexity index is 695. The summed E-state index contributed by atoms with van der Waals surface area (Å²) < 4.78 is 5.44. The number of anilines is 1. The van der Waals surface area contributed by atoms with E-state index < -0.39 is 0 Å². The first kappa shape index (κ1) is 19.9. The summed E-state index contributed by atoms with van der Waals surface area (Å²) in [6.07, 6.45) is 3.37. The smallest absolute Gasteiger partial charge is 0.315 e. The summed E-state index contributed by atoms with van der Waals surface area (Å²) in [5.41, 5.74) is 1.91. The minimum atomic E-state index is -0.0476. The average Bonchev–Trinajstić information content (AvgIpc) is 3.17. The summed E-state index contributed by atoms with van der Waals surface area (Å²) in [6.45, 7) is 4.24. The largest absolute Gasteiger partial charge is 0.496 e. The number of thioether (sulfide) groups is 1. The number of fused-ring (bicyclic) bond motifs is 1. The number of unbranched alkanes of at least 4 members (excludes halogenated alkanes) is 1. The monoisotopic (exact) mass is 391 g/mol. The van der Waals surface area contributed by atoms with Crippen LogP contribution in [0.15, 0.2) is 18.2 Å². The van der Waals surface area contributed by atoms with Gasteiger partial charge in [-0.2, -0.15) is 11.8 Å². The summed E-state index contributed by atoms with van der Waals surface area (Å²) >= 11 is 1.91. The van der Waals surface area contributed by atoms with Crippen LogP contribution in [-0.4, -0.2) is 42.1 Å². The van der Waals surface area contributed by atoms with Crippen molar-refractivity contribution in [3.05, 3.63) is 23.8 Å². The zero-order valence-electron chi connectivity index (χ0n) is 16.2. The van der Waals surface area contributed by atoms with Crippen LogP contribution in [0.5, 0.6) is 5.75 Å². The molecule has 2 fully saturated rings. The van der Waals surface area contributed by atoms with Gasteiger partial charge in [0.2, 0.25) is 5.91 Å². The molecule has 27 heavy (non-hydrogen) atoms. The molecule has 3 unspecified atom stereocenters. The van der Waals surface area contributed by atoms with Crippen molar-refractivity contribution in [1.29, 1.82) is 0 Å². The third kappa shape index (κ3) is 4.89. The highest BCUT2D eigenvalue weighted by molar-refractivity contribution is 8.00. The lowest BCUT2D eigenvalue weighted by Gasteiger charge is -2.16. The number of urea groups is 1. The Labute approximate surface area is 165 Å². The molecule has 0 bridgehead atoms. The Hall–Kier alpha value is -1.89. The molecule has 0 radical (unpaired) electrons. The fourth-order valence-corrected chi connectivity index (χ4v) is 5.31. The molecule has 2 saturated heterocycles. The maximum absolute atomic E-state index is 12.2. The molecule has 0 spiro atoms. The van der Waals surface area contributed by atoms with Gasteiger partial charge in [0.1, 0.15) is 5.75 Å². The van der Waals surface area contributed by atoms with Crippen LogP contribution in [0.1, 0.15) is 51.0 Å². The Morgan fingerprint density at radius 2 is 2.15 bits per heavy atom. The molecule has 0 saturated carbocycles. The maximum Gasteiger partial charge on any atom is 0.315 e. The molecule has 1 aromatic carbocycles. The molecular formula is C20H29N3O3S. The summed E-state index contributed by atoms with van der Waals surface area (Å²) in [7, 11) is 1.65. The number of hydrogen-bond donors (Lipinski definition) is 3. The minimum absolute atomic E-state index is 0.0298. The molecule has 3 atom stereocenters. The van der Waals surface area contributed by atoms with Crippen LogP contribution in [0.4, 0.5) is 10.5 Å². The molecule has 0 aliphatic carbocycles. The molecular weight excluding hydrogens is 362 g/mol. The first-order valence-corrected chi connectivity index (χ1v) is 10.7. The number of methoxy groups -OCH3 is 1. The van der Waals surface area contributed by atoms with Gasteiger partial charge < -0.3 is 20.7 Å². The second-order valence-electron chi connectivity index (χ2n) is 7.53. The lowest BCUT2D eigenvalue weighted by atomic mass is 10.0. The first-order valence-electron chi connectivity index (χ1n) is 9.64. The molecule has 0 aromatic heterocycles. The van der Waals surface area contributed by atoms with E-state index in [1.807, 2.05) is 30.0 Å². The predicted molar refractivity (Wildman–Crippen MR) is 110 cm³/mol. The molecule has 3 N–H and O–H groups in total. The van der Waals surface area contributed by atoms with Crippen LogP contribution in [0, 0.1) is 0 Å². The summed E-state index contributed by atoms with van der Waals surface area (Å²) in [4.78, 5) is 23.6. The molecule has 2 aliphatic rings. The highest BCUT2D eigenvalue weighted by Crippen LogP contribution is 2.33. The number of hydrogen-bond acceptors (Lipinski definition) is 4. The van der Waals surface area contributed by atoms with Gasteiger partial charge in [-0.25, -0.2) is 4.79 Å². The Morgan fingerprint density at radius 3 is 2.89 bits per heavy atom. The van der Waals surface area contributed by atoms with E-state index in [9.17, 15) is 9.59 Å². The maximum atomic E-state index is 12.2. The Morgan fingerprint density at radius 1 is 1.33 bits per heavy atom. The van der Waals surface area contributed by atoms with Crippen LogP contribution in [0.3, 0.4) is 0 Å². The van der Waals surface area contributed by atoms with Gasteiger partial charge in [-0.15, -0.1) is 0 Å². The Balaban J connectivity index is 1.40. The number of carbonyl (C=O) groups is 2. The van der Waals surface area contributed by atoms with Gasteiger partial charge in [0.25, 0.3) is 0 Å². The minimum Gasteiger partial charge on any atom is -0.496 e. The number of benzene rings is 1. The number of carbonyl (C=O) groups excluding carboxylic acids is 2. The van der Waals surface area contributed by atoms with E-state index in [0.717, 1.165) is 42.0 Å². The highest BCUT2D eigenvalue weighted by atomic mass is 32.2. The topological polar surface area (TPSA) is 79.5 Å². The van der Waals surface area contributed by atoms with Gasteiger partial charge >= 0.3 is 6.03 Å². The zero-order chi connectivity index (χ0) is 19.4. The fourth-order valence-electron chi connectivity index (χ4n) is 3.76. The van der Waals surface area contributed by atoms with E-state index in [2.05, 4.69) is 29.8 Å². The van der Waals surface area contributed by atoms with E-state index in [-0.39, 0.29) is 24.0 Å². The third-order valence-corrected chi connectivity index (χ3v) is 6.73. The molecule has 7 heteroatoms. The quantitative estimate of drug-likeness (QED) is 0.468. The van der Waals surface area contributed by atoms with Gasteiger partial charge in [0, 0.05) is 29.2 Å². The van der Waals surface area contributed by atoms with Crippen molar-refractivity contribution in [3.8, 4) is 5.75 Å². The standard InChI is InChI=1S/C20H29N3O3S/c1-12(2)14-9-8-13(10-16(14)26-3)21-18(24)7-5-4-6-17-19-15(11-27-17)22-20(25)23-19/h8-10,12,15,17,19H,4-7,11H2,1-3H3,(H,21,24)(H2,22,23,25). The van der Waals surface area contributed by atoms with E-state index in [1.54, 1.807) is 7.11 Å². The molecule has 3 rings (SSSR count). The number of rotatable bonds is 8. The van der Waals surface area contributed by atoms with Gasteiger partial charge in [-0.05, 0) is 30.4 Å². The van der Waals surface area contributed by atoms with Crippen molar-refractivity contribution in [1.82, 2.24) is 10.6 Å². The third-order valence-electron chi connectivity index (χ3n) is 5.22. The zero-order valence-corrected chi connectivity index (χ0v) is 17.0. The van der Waals surface area contributed by atoms with Crippen molar-refractivity contribution < 1.29 is 14.3 Å². The number of nitrogens with one attached hydrogen (secondary N) is 3. The van der Waals surface area contributed by atoms with Crippen molar-refractivity contribution in [3.63, 3.8) is 0 Å². The molecule has 2 heterocycles. The van der Waals surface area contributed by atoms with Crippen molar-refractivity contribution in [2.24, 2.45) is 0 Å². The van der Waals surface area contributed by atoms with E-state index in [0.29, 0.717) is 17.6 Å². The van der Waals surface area contributed by atoms with E-state index >= 15 is 0 Å². The molecule has 3 amide bonds. The SMILES string of the molecule is COc1cc(NC(=O)CCCCC2SCC3NC(=O)NC32)ccc1C(C)C. The van der Waals surface area contributed by atoms with Crippen LogP contribution >= 0.6 is 11.8 Å². The lowest BCUT2D eigenvalue weighted by Crippen LogP contribution is -2.36. The van der Waals surface area contributed by atoms with Crippen molar-refractivity contribution in [2.75, 3.05) is 18.2 Å². The molecule has 6 nitrogen and oxygen atoms in total.